The quantitative estimate of drug-likeness (QED) is 0.644. The first-order valence-corrected chi connectivity index (χ1v) is 10.0. The van der Waals surface area contributed by atoms with Gasteiger partial charge in [-0.2, -0.15) is 5.10 Å². The highest BCUT2D eigenvalue weighted by molar-refractivity contribution is 7.89. The number of benzene rings is 2. The molecule has 2 aromatic carbocycles. The maximum atomic E-state index is 14.3. The summed E-state index contributed by atoms with van der Waals surface area (Å²) < 4.78 is 43.4. The predicted octanol–water partition coefficient (Wildman–Crippen LogP) is 1.40. The molecule has 0 fully saturated rings. The van der Waals surface area contributed by atoms with E-state index in [1.54, 1.807) is 6.92 Å². The average Bonchev–Trinajstić information content (AvgIpc) is 3.07. The highest BCUT2D eigenvalue weighted by Crippen LogP contribution is 2.36. The van der Waals surface area contributed by atoms with Crippen LogP contribution >= 0.6 is 0 Å². The Labute approximate surface area is 166 Å². The molecule has 0 radical (unpaired) electrons. The van der Waals surface area contributed by atoms with Gasteiger partial charge in [-0.3, -0.25) is 4.68 Å². The van der Waals surface area contributed by atoms with Crippen LogP contribution in [-0.2, 0) is 16.6 Å². The van der Waals surface area contributed by atoms with Crippen molar-refractivity contribution in [3.05, 3.63) is 54.0 Å². The largest absolute Gasteiger partial charge is 0.543 e. The van der Waals surface area contributed by atoms with Crippen molar-refractivity contribution in [2.45, 2.75) is 18.4 Å². The zero-order valence-corrected chi connectivity index (χ0v) is 16.4. The molecule has 0 spiro atoms. The molecule has 3 rings (SSSR count). The van der Waals surface area contributed by atoms with Gasteiger partial charge in [-0.15, -0.1) is 0 Å². The average molecular weight is 418 g/mol. The van der Waals surface area contributed by atoms with Crippen LogP contribution in [0, 0.1) is 5.82 Å². The minimum Gasteiger partial charge on any atom is -0.543 e. The Kier molecular flexibility index (Phi) is 5.40. The first-order valence-electron chi connectivity index (χ1n) is 8.46. The maximum absolute atomic E-state index is 14.3. The molecule has 0 saturated carbocycles. The van der Waals surface area contributed by atoms with Crippen molar-refractivity contribution >= 4 is 16.0 Å². The number of aromatic carboxylic acids is 1. The number of nitrogens with zero attached hydrogens (tertiary/aromatic N) is 2. The van der Waals surface area contributed by atoms with Crippen LogP contribution in [0.5, 0.6) is 5.75 Å². The summed E-state index contributed by atoms with van der Waals surface area (Å²) in [6.45, 7) is 1.93. The summed E-state index contributed by atoms with van der Waals surface area (Å²) in [6, 6.07) is 9.49. The third kappa shape index (κ3) is 3.84. The van der Waals surface area contributed by atoms with Gasteiger partial charge >= 0.3 is 0 Å². The number of carbonyl (C=O) groups excluding carboxylic acids is 1. The van der Waals surface area contributed by atoms with Crippen molar-refractivity contribution in [3.63, 3.8) is 0 Å². The lowest BCUT2D eigenvalue weighted by atomic mass is 9.98. The molecule has 10 heteroatoms. The summed E-state index contributed by atoms with van der Waals surface area (Å²) in [4.78, 5) is 11.7. The Morgan fingerprint density at radius 1 is 1.21 bits per heavy atom. The van der Waals surface area contributed by atoms with Crippen LogP contribution in [0.3, 0.4) is 0 Å². The number of aryl methyl sites for hydroxylation is 1. The summed E-state index contributed by atoms with van der Waals surface area (Å²) in [6.07, 6.45) is 0. The van der Waals surface area contributed by atoms with E-state index in [9.17, 15) is 22.7 Å². The Hall–Kier alpha value is -3.24. The zero-order valence-electron chi connectivity index (χ0n) is 15.5. The Bertz CT molecular complexity index is 1190. The van der Waals surface area contributed by atoms with E-state index in [4.69, 9.17) is 9.88 Å². The number of halogens is 1. The number of rotatable bonds is 6. The molecule has 1 heterocycles. The van der Waals surface area contributed by atoms with E-state index in [1.807, 2.05) is 0 Å². The van der Waals surface area contributed by atoms with E-state index < -0.39 is 21.8 Å². The number of primary sulfonamides is 1. The molecule has 1 aromatic heterocycles. The van der Waals surface area contributed by atoms with Crippen molar-refractivity contribution in [1.29, 1.82) is 0 Å². The number of sulfonamides is 1. The van der Waals surface area contributed by atoms with Crippen molar-refractivity contribution in [1.82, 2.24) is 9.78 Å². The Balaban J connectivity index is 2.28. The van der Waals surface area contributed by atoms with Gasteiger partial charge in [0.2, 0.25) is 10.0 Å². The van der Waals surface area contributed by atoms with Crippen LogP contribution in [-0.4, -0.2) is 31.3 Å². The van der Waals surface area contributed by atoms with Crippen molar-refractivity contribution < 1.29 is 27.4 Å². The third-order valence-corrected chi connectivity index (χ3v) is 5.27. The third-order valence-electron chi connectivity index (χ3n) is 4.34. The molecule has 0 aliphatic carbocycles. The van der Waals surface area contributed by atoms with Crippen LogP contribution in [0.15, 0.2) is 47.4 Å². The number of aromatic nitrogens is 2. The molecule has 0 aliphatic rings. The predicted molar refractivity (Wildman–Crippen MR) is 101 cm³/mol. The van der Waals surface area contributed by atoms with E-state index in [-0.39, 0.29) is 39.7 Å². The SMILES string of the molecule is CCn1nc(-c2ccc(S(N)(=O)=O)cc2)c(-c2ccc(OC)c(F)c2)c1C(=O)[O-]. The number of hydrogen-bond donors (Lipinski definition) is 1. The van der Waals surface area contributed by atoms with Gasteiger partial charge in [0.1, 0.15) is 5.69 Å². The highest BCUT2D eigenvalue weighted by Gasteiger charge is 2.22. The van der Waals surface area contributed by atoms with Crippen molar-refractivity contribution in [3.8, 4) is 28.1 Å². The first kappa shape index (κ1) is 20.5. The second-order valence-corrected chi connectivity index (χ2v) is 7.66. The van der Waals surface area contributed by atoms with Gasteiger partial charge in [0, 0.05) is 17.7 Å². The van der Waals surface area contributed by atoms with Gasteiger partial charge in [0.25, 0.3) is 0 Å². The summed E-state index contributed by atoms with van der Waals surface area (Å²) in [5.74, 6) is -2.14. The van der Waals surface area contributed by atoms with E-state index in [0.717, 1.165) is 6.07 Å². The monoisotopic (exact) mass is 418 g/mol. The molecule has 152 valence electrons. The number of ether oxygens (including phenoxy) is 1. The van der Waals surface area contributed by atoms with E-state index in [0.29, 0.717) is 5.56 Å². The molecule has 3 aromatic rings. The molecule has 0 bridgehead atoms. The second-order valence-electron chi connectivity index (χ2n) is 6.09. The lowest BCUT2D eigenvalue weighted by Gasteiger charge is -2.11. The molecular formula is C19H17FN3O5S-. The van der Waals surface area contributed by atoms with Gasteiger partial charge in [0.05, 0.1) is 23.7 Å². The molecule has 29 heavy (non-hydrogen) atoms. The lowest BCUT2D eigenvalue weighted by Crippen LogP contribution is -2.26. The summed E-state index contributed by atoms with van der Waals surface area (Å²) in [7, 11) is -2.57. The molecule has 2 N–H and O–H groups in total. The van der Waals surface area contributed by atoms with Crippen LogP contribution in [0.25, 0.3) is 22.4 Å². The zero-order chi connectivity index (χ0) is 21.3. The maximum Gasteiger partial charge on any atom is 0.238 e. The van der Waals surface area contributed by atoms with Gasteiger partial charge in [0.15, 0.2) is 11.6 Å². The van der Waals surface area contributed by atoms with Crippen LogP contribution in [0.4, 0.5) is 4.39 Å². The van der Waals surface area contributed by atoms with E-state index in [1.165, 1.54) is 48.2 Å². The molecule has 0 saturated heterocycles. The topological polar surface area (TPSA) is 127 Å². The normalized spacial score (nSPS) is 11.4. The smallest absolute Gasteiger partial charge is 0.238 e. The fourth-order valence-corrected chi connectivity index (χ4v) is 3.51. The van der Waals surface area contributed by atoms with Crippen LogP contribution in [0.1, 0.15) is 17.4 Å². The Morgan fingerprint density at radius 2 is 1.83 bits per heavy atom. The fourth-order valence-electron chi connectivity index (χ4n) is 3.00. The summed E-state index contributed by atoms with van der Waals surface area (Å²) in [5.41, 5.74) is 0.849. The van der Waals surface area contributed by atoms with Crippen molar-refractivity contribution in [2.75, 3.05) is 7.11 Å². The number of carboxylic acids is 1. The molecule has 8 nitrogen and oxygen atoms in total. The number of hydrogen-bond acceptors (Lipinski definition) is 6. The van der Waals surface area contributed by atoms with Crippen LogP contribution in [0.2, 0.25) is 0 Å². The molecule has 0 aliphatic heterocycles. The number of carboxylic acid groups (broad SMARTS) is 1. The Morgan fingerprint density at radius 3 is 2.31 bits per heavy atom. The van der Waals surface area contributed by atoms with E-state index in [2.05, 4.69) is 5.10 Å². The highest BCUT2D eigenvalue weighted by atomic mass is 32.2. The number of nitrogens with two attached hydrogens (primary N) is 1. The second kappa shape index (κ2) is 7.64. The molecule has 0 atom stereocenters. The first-order chi connectivity index (χ1) is 13.7. The van der Waals surface area contributed by atoms with Gasteiger partial charge < -0.3 is 14.6 Å². The van der Waals surface area contributed by atoms with Gasteiger partial charge in [-0.1, -0.05) is 18.2 Å². The minimum absolute atomic E-state index is 0.00527. The van der Waals surface area contributed by atoms with E-state index >= 15 is 0 Å². The van der Waals surface area contributed by atoms with Gasteiger partial charge in [-0.25, -0.2) is 17.9 Å². The van der Waals surface area contributed by atoms with Crippen LogP contribution < -0.4 is 15.0 Å². The summed E-state index contributed by atoms with van der Waals surface area (Å²) in [5, 5.41) is 21.3. The molecule has 0 amide bonds. The lowest BCUT2D eigenvalue weighted by molar-refractivity contribution is -0.255. The minimum atomic E-state index is -3.89. The number of methoxy groups -OCH3 is 1. The van der Waals surface area contributed by atoms with Crippen molar-refractivity contribution in [2.24, 2.45) is 5.14 Å². The summed E-state index contributed by atoms with van der Waals surface area (Å²) >= 11 is 0. The number of carbonyl (C=O) groups is 1. The molecule has 0 unspecified atom stereocenters. The molecular weight excluding hydrogens is 401 g/mol. The van der Waals surface area contributed by atoms with Gasteiger partial charge in [-0.05, 0) is 36.8 Å². The fraction of sp³-hybridized carbons (Fsp3) is 0.158. The standard InChI is InChI=1S/C19H18FN3O5S/c1-3-23-18(19(24)25)16(12-6-9-15(28-2)14(20)10-12)17(22-23)11-4-7-13(8-5-11)29(21,26)27/h4-10H,3H2,1-2H3,(H,24,25)(H2,21,26,27)/p-1.